The lowest BCUT2D eigenvalue weighted by Gasteiger charge is -2.25. The zero-order valence-electron chi connectivity index (χ0n) is 12.0. The van der Waals surface area contributed by atoms with E-state index in [9.17, 15) is 4.39 Å². The van der Waals surface area contributed by atoms with Crippen LogP contribution < -0.4 is 0 Å². The maximum atomic E-state index is 13.4. The maximum Gasteiger partial charge on any atom is 0.123 e. The van der Waals surface area contributed by atoms with E-state index >= 15 is 0 Å². The van der Waals surface area contributed by atoms with Crippen molar-refractivity contribution in [2.24, 2.45) is 0 Å². The molecular formula is C17H16ClFN2. The molecule has 0 aliphatic heterocycles. The van der Waals surface area contributed by atoms with Gasteiger partial charge in [0.25, 0.3) is 0 Å². The lowest BCUT2D eigenvalue weighted by Crippen LogP contribution is -2.22. The number of rotatable bonds is 4. The van der Waals surface area contributed by atoms with Gasteiger partial charge in [-0.05, 0) is 55.4 Å². The Balaban J connectivity index is 2.18. The number of benzene rings is 2. The van der Waals surface area contributed by atoms with Gasteiger partial charge in [-0.15, -0.1) is 0 Å². The second-order valence-electron chi connectivity index (χ2n) is 5.06. The molecule has 0 aliphatic carbocycles. The average molecular weight is 303 g/mol. The summed E-state index contributed by atoms with van der Waals surface area (Å²) in [6.07, 6.45) is 0. The molecule has 1 atom stereocenters. The standard InChI is InChI=1S/C17H16ClFN2/c1-12(13-3-6-16(18)7-4-13)21(2)11-15-9-17(19)8-5-14(15)10-20/h3-9,12H,11H2,1-2H3. The van der Waals surface area contributed by atoms with Crippen LogP contribution >= 0.6 is 11.6 Å². The molecule has 2 aromatic rings. The van der Waals surface area contributed by atoms with E-state index in [1.807, 2.05) is 31.3 Å². The molecule has 0 fully saturated rings. The fraction of sp³-hybridized carbons (Fsp3) is 0.235. The van der Waals surface area contributed by atoms with Crippen molar-refractivity contribution in [3.05, 3.63) is 70.0 Å². The first-order valence-electron chi connectivity index (χ1n) is 6.65. The Morgan fingerprint density at radius 3 is 2.52 bits per heavy atom. The normalized spacial score (nSPS) is 12.2. The minimum atomic E-state index is -0.323. The van der Waals surface area contributed by atoms with E-state index in [1.165, 1.54) is 18.2 Å². The molecule has 0 aromatic heterocycles. The van der Waals surface area contributed by atoms with Crippen molar-refractivity contribution in [3.63, 3.8) is 0 Å². The zero-order chi connectivity index (χ0) is 15.4. The van der Waals surface area contributed by atoms with Crippen LogP contribution in [0.3, 0.4) is 0 Å². The van der Waals surface area contributed by atoms with Gasteiger partial charge in [0.05, 0.1) is 11.6 Å². The number of nitriles is 1. The molecule has 0 heterocycles. The Kier molecular flexibility index (Phi) is 4.95. The lowest BCUT2D eigenvalue weighted by molar-refractivity contribution is 0.252. The van der Waals surface area contributed by atoms with Crippen LogP contribution in [0.15, 0.2) is 42.5 Å². The van der Waals surface area contributed by atoms with Gasteiger partial charge in [0.1, 0.15) is 5.82 Å². The summed E-state index contributed by atoms with van der Waals surface area (Å²) in [6.45, 7) is 2.57. The van der Waals surface area contributed by atoms with Crippen LogP contribution in [0, 0.1) is 17.1 Å². The Morgan fingerprint density at radius 1 is 1.24 bits per heavy atom. The van der Waals surface area contributed by atoms with Gasteiger partial charge in [-0.2, -0.15) is 5.26 Å². The van der Waals surface area contributed by atoms with E-state index in [0.717, 1.165) is 5.56 Å². The molecule has 0 saturated carbocycles. The summed E-state index contributed by atoms with van der Waals surface area (Å²) >= 11 is 5.89. The summed E-state index contributed by atoms with van der Waals surface area (Å²) in [6, 6.07) is 14.1. The first kappa shape index (κ1) is 15.5. The fourth-order valence-corrected chi connectivity index (χ4v) is 2.33. The monoisotopic (exact) mass is 302 g/mol. The van der Waals surface area contributed by atoms with Crippen molar-refractivity contribution >= 4 is 11.6 Å². The number of hydrogen-bond acceptors (Lipinski definition) is 2. The number of hydrogen-bond donors (Lipinski definition) is 0. The Labute approximate surface area is 129 Å². The van der Waals surface area contributed by atoms with Gasteiger partial charge in [0.15, 0.2) is 0 Å². The molecule has 2 nitrogen and oxygen atoms in total. The maximum absolute atomic E-state index is 13.4. The second-order valence-corrected chi connectivity index (χ2v) is 5.49. The molecule has 108 valence electrons. The van der Waals surface area contributed by atoms with E-state index in [1.54, 1.807) is 0 Å². The molecule has 2 aromatic carbocycles. The summed E-state index contributed by atoms with van der Waals surface area (Å²) in [7, 11) is 1.95. The van der Waals surface area contributed by atoms with Gasteiger partial charge < -0.3 is 0 Å². The van der Waals surface area contributed by atoms with Crippen LogP contribution in [0.1, 0.15) is 29.7 Å². The first-order valence-corrected chi connectivity index (χ1v) is 7.03. The molecule has 0 radical (unpaired) electrons. The highest BCUT2D eigenvalue weighted by Crippen LogP contribution is 2.23. The first-order chi connectivity index (χ1) is 10.0. The zero-order valence-corrected chi connectivity index (χ0v) is 12.7. The van der Waals surface area contributed by atoms with E-state index in [2.05, 4.69) is 17.9 Å². The Morgan fingerprint density at radius 2 is 1.90 bits per heavy atom. The summed E-state index contributed by atoms with van der Waals surface area (Å²) < 4.78 is 13.4. The number of nitrogens with zero attached hydrogens (tertiary/aromatic N) is 2. The molecule has 1 unspecified atom stereocenters. The van der Waals surface area contributed by atoms with Crippen molar-refractivity contribution < 1.29 is 4.39 Å². The van der Waals surface area contributed by atoms with Crippen molar-refractivity contribution in [2.75, 3.05) is 7.05 Å². The van der Waals surface area contributed by atoms with Gasteiger partial charge in [-0.3, -0.25) is 4.90 Å². The predicted molar refractivity (Wildman–Crippen MR) is 82.4 cm³/mol. The summed E-state index contributed by atoms with van der Waals surface area (Å²) in [5.74, 6) is -0.323. The number of halogens is 2. The average Bonchev–Trinajstić information content (AvgIpc) is 2.47. The van der Waals surface area contributed by atoms with Crippen LogP contribution in [0.4, 0.5) is 4.39 Å². The van der Waals surface area contributed by atoms with Crippen molar-refractivity contribution in [1.82, 2.24) is 4.90 Å². The van der Waals surface area contributed by atoms with Gasteiger partial charge in [-0.25, -0.2) is 4.39 Å². The SMILES string of the molecule is CC(c1ccc(Cl)cc1)N(C)Cc1cc(F)ccc1C#N. The fourth-order valence-electron chi connectivity index (χ4n) is 2.20. The minimum absolute atomic E-state index is 0.136. The highest BCUT2D eigenvalue weighted by Gasteiger charge is 2.14. The Hall–Kier alpha value is -1.89. The molecule has 0 spiro atoms. The predicted octanol–water partition coefficient (Wildman–Crippen LogP) is 4.54. The van der Waals surface area contributed by atoms with Crippen molar-refractivity contribution in [2.45, 2.75) is 19.5 Å². The molecule has 0 saturated heterocycles. The summed E-state index contributed by atoms with van der Waals surface area (Å²) in [5.41, 5.74) is 2.32. The van der Waals surface area contributed by atoms with Gasteiger partial charge in [0, 0.05) is 17.6 Å². The molecule has 2 rings (SSSR count). The van der Waals surface area contributed by atoms with Crippen LogP contribution in [0.2, 0.25) is 5.02 Å². The summed E-state index contributed by atoms with van der Waals surface area (Å²) in [5, 5.41) is 9.80. The van der Waals surface area contributed by atoms with E-state index < -0.39 is 0 Å². The minimum Gasteiger partial charge on any atom is -0.295 e. The van der Waals surface area contributed by atoms with E-state index in [-0.39, 0.29) is 11.9 Å². The van der Waals surface area contributed by atoms with E-state index in [0.29, 0.717) is 22.7 Å². The second kappa shape index (κ2) is 6.71. The molecule has 21 heavy (non-hydrogen) atoms. The highest BCUT2D eigenvalue weighted by molar-refractivity contribution is 6.30. The molecular weight excluding hydrogens is 287 g/mol. The smallest absolute Gasteiger partial charge is 0.123 e. The topological polar surface area (TPSA) is 27.0 Å². The largest absolute Gasteiger partial charge is 0.295 e. The van der Waals surface area contributed by atoms with Crippen LogP contribution in [0.5, 0.6) is 0 Å². The molecule has 0 amide bonds. The quantitative estimate of drug-likeness (QED) is 0.829. The van der Waals surface area contributed by atoms with Crippen LogP contribution in [-0.4, -0.2) is 11.9 Å². The van der Waals surface area contributed by atoms with Crippen molar-refractivity contribution in [3.8, 4) is 6.07 Å². The Bertz CT molecular complexity index is 661. The molecule has 4 heteroatoms. The van der Waals surface area contributed by atoms with Crippen LogP contribution in [-0.2, 0) is 6.54 Å². The molecule has 0 aliphatic rings. The van der Waals surface area contributed by atoms with E-state index in [4.69, 9.17) is 16.9 Å². The van der Waals surface area contributed by atoms with Crippen molar-refractivity contribution in [1.29, 1.82) is 5.26 Å². The third-order valence-electron chi connectivity index (χ3n) is 3.62. The molecule has 0 N–H and O–H groups in total. The lowest BCUT2D eigenvalue weighted by atomic mass is 10.0. The highest BCUT2D eigenvalue weighted by atomic mass is 35.5. The van der Waals surface area contributed by atoms with Gasteiger partial charge in [0.2, 0.25) is 0 Å². The summed E-state index contributed by atoms with van der Waals surface area (Å²) in [4.78, 5) is 2.07. The van der Waals surface area contributed by atoms with Gasteiger partial charge in [-0.1, -0.05) is 23.7 Å². The van der Waals surface area contributed by atoms with Crippen LogP contribution in [0.25, 0.3) is 0 Å². The molecule has 0 bridgehead atoms. The third-order valence-corrected chi connectivity index (χ3v) is 3.87. The third kappa shape index (κ3) is 3.81. The van der Waals surface area contributed by atoms with Gasteiger partial charge >= 0.3 is 0 Å².